The Hall–Kier alpha value is -3.09. The van der Waals surface area contributed by atoms with Gasteiger partial charge in [0.25, 0.3) is 5.91 Å². The summed E-state index contributed by atoms with van der Waals surface area (Å²) in [6, 6.07) is 5.12. The zero-order valence-corrected chi connectivity index (χ0v) is 19.0. The first-order valence-electron chi connectivity index (χ1n) is 10.5. The van der Waals surface area contributed by atoms with Crippen molar-refractivity contribution in [3.05, 3.63) is 58.6 Å². The smallest absolute Gasteiger partial charge is 0.451 e. The number of hydrogen-bond acceptors (Lipinski definition) is 8. The largest absolute Gasteiger partial charge is 0.491 e. The first-order chi connectivity index (χ1) is 16.3. The molecule has 4 rings (SSSR count). The Labute approximate surface area is 197 Å². The predicted octanol–water partition coefficient (Wildman–Crippen LogP) is 3.22. The molecule has 8 nitrogen and oxygen atoms in total. The van der Waals surface area contributed by atoms with Crippen LogP contribution in [0.2, 0.25) is 0 Å². The van der Waals surface area contributed by atoms with Crippen molar-refractivity contribution in [1.29, 1.82) is 0 Å². The molecule has 1 aromatic carbocycles. The zero-order chi connectivity index (χ0) is 24.1. The molecule has 180 valence electrons. The number of aryl methyl sites for hydroxylation is 1. The molecular weight excluding hydrogens is 471 g/mol. The second kappa shape index (κ2) is 10.5. The van der Waals surface area contributed by atoms with Crippen molar-refractivity contribution in [2.45, 2.75) is 25.7 Å². The molecule has 12 heteroatoms. The van der Waals surface area contributed by atoms with Crippen molar-refractivity contribution in [3.8, 4) is 16.3 Å². The van der Waals surface area contributed by atoms with Crippen LogP contribution in [0.5, 0.6) is 5.75 Å². The molecule has 3 heterocycles. The standard InChI is InChI=1S/C22H22F3N5O3S/c1-13-7-28-20(34-13)16-4-15(5-17(6-16)33-12-18-11-26-2-3-32-18)19(31)27-8-14-9-29-21(30-10-14)22(23,24)25/h4-7,9-10,18,26H,2-3,8,11-12H2,1H3,(H,27,31)/t18-/m1/s1. The number of alkyl halides is 3. The topological polar surface area (TPSA) is 98.3 Å². The summed E-state index contributed by atoms with van der Waals surface area (Å²) in [5, 5.41) is 6.66. The minimum atomic E-state index is -4.62. The highest BCUT2D eigenvalue weighted by Gasteiger charge is 2.34. The number of carbonyl (C=O) groups is 1. The summed E-state index contributed by atoms with van der Waals surface area (Å²) >= 11 is 1.49. The van der Waals surface area contributed by atoms with Crippen molar-refractivity contribution in [1.82, 2.24) is 25.6 Å². The van der Waals surface area contributed by atoms with E-state index in [0.717, 1.165) is 34.4 Å². The number of hydrogen-bond donors (Lipinski definition) is 2. The summed E-state index contributed by atoms with van der Waals surface area (Å²) in [5.41, 5.74) is 1.39. The van der Waals surface area contributed by atoms with Gasteiger partial charge in [0.2, 0.25) is 5.82 Å². The van der Waals surface area contributed by atoms with E-state index in [0.29, 0.717) is 36.6 Å². The molecule has 0 saturated carbocycles. The third-order valence-corrected chi connectivity index (χ3v) is 5.85. The highest BCUT2D eigenvalue weighted by Crippen LogP contribution is 2.30. The van der Waals surface area contributed by atoms with Crippen molar-refractivity contribution >= 4 is 17.2 Å². The van der Waals surface area contributed by atoms with E-state index in [9.17, 15) is 18.0 Å². The minimum absolute atomic E-state index is 0.0324. The molecular formula is C22H22F3N5O3S. The maximum atomic E-state index is 12.9. The van der Waals surface area contributed by atoms with Gasteiger partial charge in [-0.25, -0.2) is 15.0 Å². The lowest BCUT2D eigenvalue weighted by atomic mass is 10.1. The Morgan fingerprint density at radius 1 is 1.24 bits per heavy atom. The lowest BCUT2D eigenvalue weighted by Crippen LogP contribution is -2.41. The number of benzene rings is 1. The number of carbonyl (C=O) groups excluding carboxylic acids is 1. The third-order valence-electron chi connectivity index (χ3n) is 4.89. The van der Waals surface area contributed by atoms with Gasteiger partial charge in [-0.3, -0.25) is 4.79 Å². The molecule has 1 atom stereocenters. The third kappa shape index (κ3) is 6.27. The van der Waals surface area contributed by atoms with Crippen LogP contribution in [-0.4, -0.2) is 53.3 Å². The summed E-state index contributed by atoms with van der Waals surface area (Å²) in [7, 11) is 0. The predicted molar refractivity (Wildman–Crippen MR) is 119 cm³/mol. The van der Waals surface area contributed by atoms with Crippen LogP contribution in [0.4, 0.5) is 13.2 Å². The Bertz CT molecular complexity index is 1130. The molecule has 1 fully saturated rings. The molecule has 2 N–H and O–H groups in total. The summed E-state index contributed by atoms with van der Waals surface area (Å²) in [5.74, 6) is -1.16. The summed E-state index contributed by atoms with van der Waals surface area (Å²) in [6.07, 6.45) is -0.892. The van der Waals surface area contributed by atoms with Crippen LogP contribution < -0.4 is 15.4 Å². The number of rotatable bonds is 7. The van der Waals surface area contributed by atoms with Gasteiger partial charge in [0, 0.05) is 59.8 Å². The zero-order valence-electron chi connectivity index (χ0n) is 18.2. The van der Waals surface area contributed by atoms with Crippen LogP contribution >= 0.6 is 11.3 Å². The van der Waals surface area contributed by atoms with Crippen LogP contribution in [0.15, 0.2) is 36.8 Å². The van der Waals surface area contributed by atoms with Gasteiger partial charge in [-0.15, -0.1) is 11.3 Å². The number of nitrogens with zero attached hydrogens (tertiary/aromatic N) is 3. The SMILES string of the molecule is Cc1cnc(-c2cc(OC[C@H]3CNCCO3)cc(C(=O)NCc3cnc(C(F)(F)F)nc3)c2)s1. The fraction of sp³-hybridized carbons (Fsp3) is 0.364. The van der Waals surface area contributed by atoms with E-state index in [1.807, 2.05) is 13.0 Å². The Morgan fingerprint density at radius 2 is 2.03 bits per heavy atom. The maximum Gasteiger partial charge on any atom is 0.451 e. The fourth-order valence-corrected chi connectivity index (χ4v) is 3.97. The fourth-order valence-electron chi connectivity index (χ4n) is 3.22. The molecule has 0 radical (unpaired) electrons. The molecule has 0 aliphatic carbocycles. The highest BCUT2D eigenvalue weighted by atomic mass is 32.1. The second-order valence-corrected chi connectivity index (χ2v) is 8.86. The van der Waals surface area contributed by atoms with E-state index in [1.165, 1.54) is 11.3 Å². The van der Waals surface area contributed by atoms with Crippen LogP contribution in [-0.2, 0) is 17.5 Å². The highest BCUT2D eigenvalue weighted by molar-refractivity contribution is 7.14. The average molecular weight is 494 g/mol. The van der Waals surface area contributed by atoms with Crippen LogP contribution in [0.25, 0.3) is 10.6 Å². The maximum absolute atomic E-state index is 12.9. The number of amides is 1. The van der Waals surface area contributed by atoms with E-state index in [4.69, 9.17) is 9.47 Å². The summed E-state index contributed by atoms with van der Waals surface area (Å²) in [4.78, 5) is 24.9. The normalized spacial score (nSPS) is 16.3. The molecule has 34 heavy (non-hydrogen) atoms. The van der Waals surface area contributed by atoms with Gasteiger partial charge in [0.1, 0.15) is 23.5 Å². The second-order valence-electron chi connectivity index (χ2n) is 7.63. The molecule has 1 aliphatic heterocycles. The van der Waals surface area contributed by atoms with Crippen LogP contribution in [0, 0.1) is 6.92 Å². The number of ether oxygens (including phenoxy) is 2. The van der Waals surface area contributed by atoms with Gasteiger partial charge >= 0.3 is 6.18 Å². The monoisotopic (exact) mass is 493 g/mol. The Balaban J connectivity index is 1.48. The number of aromatic nitrogens is 3. The molecule has 1 amide bonds. The lowest BCUT2D eigenvalue weighted by molar-refractivity contribution is -0.145. The molecule has 0 spiro atoms. The van der Waals surface area contributed by atoms with E-state index < -0.39 is 17.9 Å². The number of morpholine rings is 1. The summed E-state index contributed by atoms with van der Waals surface area (Å²) < 4.78 is 49.5. The lowest BCUT2D eigenvalue weighted by Gasteiger charge is -2.23. The van der Waals surface area contributed by atoms with Crippen LogP contribution in [0.3, 0.4) is 0 Å². The Kier molecular flexibility index (Phi) is 7.39. The summed E-state index contributed by atoms with van der Waals surface area (Å²) in [6.45, 7) is 4.30. The van der Waals surface area contributed by atoms with Gasteiger partial charge in [-0.1, -0.05) is 0 Å². The van der Waals surface area contributed by atoms with Crippen LogP contribution in [0.1, 0.15) is 26.6 Å². The van der Waals surface area contributed by atoms with Crippen molar-refractivity contribution < 1.29 is 27.4 Å². The van der Waals surface area contributed by atoms with E-state index in [1.54, 1.807) is 18.3 Å². The number of halogens is 3. The molecule has 2 aromatic heterocycles. The molecule has 0 unspecified atom stereocenters. The number of thiazole rings is 1. The number of nitrogens with one attached hydrogen (secondary N) is 2. The molecule has 0 bridgehead atoms. The first-order valence-corrected chi connectivity index (χ1v) is 11.3. The van der Waals surface area contributed by atoms with E-state index >= 15 is 0 Å². The van der Waals surface area contributed by atoms with Crippen molar-refractivity contribution in [3.63, 3.8) is 0 Å². The van der Waals surface area contributed by atoms with Gasteiger partial charge in [0.15, 0.2) is 0 Å². The molecule has 1 aliphatic rings. The van der Waals surface area contributed by atoms with Crippen molar-refractivity contribution in [2.24, 2.45) is 0 Å². The van der Waals surface area contributed by atoms with Gasteiger partial charge in [-0.2, -0.15) is 13.2 Å². The molecule has 3 aromatic rings. The van der Waals surface area contributed by atoms with Crippen molar-refractivity contribution in [2.75, 3.05) is 26.3 Å². The Morgan fingerprint density at radius 3 is 2.68 bits per heavy atom. The van der Waals surface area contributed by atoms with Gasteiger partial charge in [-0.05, 0) is 25.1 Å². The van der Waals surface area contributed by atoms with E-state index in [-0.39, 0.29) is 12.6 Å². The van der Waals surface area contributed by atoms with Gasteiger partial charge in [0.05, 0.1) is 6.61 Å². The van der Waals surface area contributed by atoms with E-state index in [2.05, 4.69) is 25.6 Å². The van der Waals surface area contributed by atoms with Gasteiger partial charge < -0.3 is 20.1 Å². The average Bonchev–Trinajstić information content (AvgIpc) is 3.28. The quantitative estimate of drug-likeness (QED) is 0.522. The minimum Gasteiger partial charge on any atom is -0.491 e. The first kappa shape index (κ1) is 24.0. The molecule has 1 saturated heterocycles.